The molecule has 1 aromatic heterocycles. The Labute approximate surface area is 152 Å². The predicted molar refractivity (Wildman–Crippen MR) is 94.4 cm³/mol. The number of thioether (sulfide) groups is 1. The number of anilines is 1. The van der Waals surface area contributed by atoms with Crippen LogP contribution < -0.4 is 5.73 Å². The van der Waals surface area contributed by atoms with Gasteiger partial charge in [-0.3, -0.25) is 0 Å². The fourth-order valence-electron chi connectivity index (χ4n) is 2.01. The van der Waals surface area contributed by atoms with E-state index in [2.05, 4.69) is 10.1 Å². The van der Waals surface area contributed by atoms with E-state index in [1.54, 1.807) is 12.1 Å². The number of aromatic nitrogens is 3. The highest BCUT2D eigenvalue weighted by atomic mass is 35.5. The maximum Gasteiger partial charge on any atom is 0.289 e. The van der Waals surface area contributed by atoms with Gasteiger partial charge in [-0.1, -0.05) is 47.6 Å². The zero-order valence-corrected chi connectivity index (χ0v) is 15.0. The predicted octanol–water partition coefficient (Wildman–Crippen LogP) is 3.18. The van der Waals surface area contributed by atoms with E-state index in [4.69, 9.17) is 17.3 Å². The maximum atomic E-state index is 13.8. The monoisotopic (exact) mass is 398 g/mol. The SMILES string of the molecule is Nc1nc(SCc2ccc(Cl)cc2)nn1S(=O)(=O)c1ccccc1F. The lowest BCUT2D eigenvalue weighted by Crippen LogP contribution is -2.18. The van der Waals surface area contributed by atoms with Crippen molar-refractivity contribution in [3.63, 3.8) is 0 Å². The van der Waals surface area contributed by atoms with Crippen molar-refractivity contribution < 1.29 is 12.8 Å². The molecule has 0 bridgehead atoms. The number of nitrogens with two attached hydrogens (primary N) is 1. The number of rotatable bonds is 5. The molecule has 0 aliphatic carbocycles. The summed E-state index contributed by atoms with van der Waals surface area (Å²) in [6.45, 7) is 0. The summed E-state index contributed by atoms with van der Waals surface area (Å²) in [6, 6.07) is 12.2. The number of hydrogen-bond acceptors (Lipinski definition) is 6. The number of nitrogens with zero attached hydrogens (tertiary/aromatic N) is 3. The first-order valence-corrected chi connectivity index (χ1v) is 9.78. The van der Waals surface area contributed by atoms with Crippen LogP contribution >= 0.6 is 23.4 Å². The minimum atomic E-state index is -4.26. The first-order chi connectivity index (χ1) is 11.9. The molecule has 0 fully saturated rings. The summed E-state index contributed by atoms with van der Waals surface area (Å²) in [4.78, 5) is 3.42. The molecule has 0 amide bonds. The Morgan fingerprint density at radius 2 is 1.84 bits per heavy atom. The molecule has 0 saturated heterocycles. The first-order valence-electron chi connectivity index (χ1n) is 6.98. The van der Waals surface area contributed by atoms with Gasteiger partial charge >= 0.3 is 0 Å². The Kier molecular flexibility index (Phi) is 4.98. The van der Waals surface area contributed by atoms with Gasteiger partial charge in [0.25, 0.3) is 10.0 Å². The van der Waals surface area contributed by atoms with Gasteiger partial charge in [-0.2, -0.15) is 13.4 Å². The summed E-state index contributed by atoms with van der Waals surface area (Å²) in [5.41, 5.74) is 6.62. The van der Waals surface area contributed by atoms with Crippen LogP contribution in [0.1, 0.15) is 5.56 Å². The largest absolute Gasteiger partial charge is 0.367 e. The van der Waals surface area contributed by atoms with Gasteiger partial charge in [0.05, 0.1) is 0 Å². The molecule has 0 saturated carbocycles. The zero-order chi connectivity index (χ0) is 18.0. The van der Waals surface area contributed by atoms with E-state index in [1.807, 2.05) is 12.1 Å². The molecule has 3 aromatic rings. The fourth-order valence-corrected chi connectivity index (χ4v) is 4.19. The number of hydrogen-bond donors (Lipinski definition) is 1. The Hall–Kier alpha value is -2.10. The van der Waals surface area contributed by atoms with Crippen LogP contribution in [-0.2, 0) is 15.8 Å². The Balaban J connectivity index is 1.85. The van der Waals surface area contributed by atoms with Crippen molar-refractivity contribution in [1.29, 1.82) is 0 Å². The first kappa shape index (κ1) is 17.7. The molecule has 0 radical (unpaired) electrons. The molecule has 3 rings (SSSR count). The second-order valence-corrected chi connectivity index (χ2v) is 8.06. The lowest BCUT2D eigenvalue weighted by Gasteiger charge is -2.05. The molecule has 10 heteroatoms. The normalized spacial score (nSPS) is 11.6. The van der Waals surface area contributed by atoms with Gasteiger partial charge in [-0.05, 0) is 29.8 Å². The van der Waals surface area contributed by atoms with Crippen molar-refractivity contribution in [2.75, 3.05) is 5.73 Å². The minimum absolute atomic E-state index is 0.173. The van der Waals surface area contributed by atoms with Crippen molar-refractivity contribution in [2.45, 2.75) is 15.8 Å². The van der Waals surface area contributed by atoms with E-state index in [-0.39, 0.29) is 11.1 Å². The summed E-state index contributed by atoms with van der Waals surface area (Å²) in [7, 11) is -4.26. The lowest BCUT2D eigenvalue weighted by atomic mass is 10.2. The second kappa shape index (κ2) is 7.03. The quantitative estimate of drug-likeness (QED) is 0.664. The van der Waals surface area contributed by atoms with Crippen LogP contribution in [-0.4, -0.2) is 22.6 Å². The van der Waals surface area contributed by atoms with Crippen molar-refractivity contribution >= 4 is 39.3 Å². The van der Waals surface area contributed by atoms with Gasteiger partial charge in [0.1, 0.15) is 10.7 Å². The average molecular weight is 399 g/mol. The Morgan fingerprint density at radius 3 is 2.52 bits per heavy atom. The van der Waals surface area contributed by atoms with E-state index < -0.39 is 20.7 Å². The van der Waals surface area contributed by atoms with Gasteiger partial charge in [0.2, 0.25) is 11.1 Å². The molecule has 2 aromatic carbocycles. The fraction of sp³-hybridized carbons (Fsp3) is 0.0667. The topological polar surface area (TPSA) is 90.9 Å². The Bertz CT molecular complexity index is 1010. The van der Waals surface area contributed by atoms with Gasteiger partial charge in [-0.25, -0.2) is 4.39 Å². The molecule has 1 heterocycles. The average Bonchev–Trinajstić information content (AvgIpc) is 2.96. The molecular formula is C15H12ClFN4O2S2. The Morgan fingerprint density at radius 1 is 1.16 bits per heavy atom. The van der Waals surface area contributed by atoms with Crippen LogP contribution in [0.5, 0.6) is 0 Å². The molecule has 130 valence electrons. The zero-order valence-electron chi connectivity index (χ0n) is 12.6. The molecule has 2 N–H and O–H groups in total. The second-order valence-electron chi connectivity index (χ2n) is 4.95. The van der Waals surface area contributed by atoms with Gasteiger partial charge < -0.3 is 5.73 Å². The molecular weight excluding hydrogens is 387 g/mol. The summed E-state index contributed by atoms with van der Waals surface area (Å²) in [6.07, 6.45) is 0. The lowest BCUT2D eigenvalue weighted by molar-refractivity contribution is 0.555. The third kappa shape index (κ3) is 3.78. The van der Waals surface area contributed by atoms with Crippen molar-refractivity contribution in [2.24, 2.45) is 0 Å². The summed E-state index contributed by atoms with van der Waals surface area (Å²) >= 11 is 7.03. The van der Waals surface area contributed by atoms with Crippen LogP contribution in [0.2, 0.25) is 5.02 Å². The van der Waals surface area contributed by atoms with Crippen LogP contribution in [0.15, 0.2) is 58.6 Å². The standard InChI is InChI=1S/C15H12ClFN4O2S2/c16-11-7-5-10(6-8-11)9-24-15-19-14(18)21(20-15)25(22,23)13-4-2-1-3-12(13)17/h1-8H,9H2,(H2,18,19,20). The van der Waals surface area contributed by atoms with E-state index >= 15 is 0 Å². The molecule has 0 spiro atoms. The maximum absolute atomic E-state index is 13.8. The highest BCUT2D eigenvalue weighted by molar-refractivity contribution is 7.98. The van der Waals surface area contributed by atoms with Gasteiger partial charge in [0.15, 0.2) is 0 Å². The molecule has 6 nitrogen and oxygen atoms in total. The smallest absolute Gasteiger partial charge is 0.289 e. The molecule has 0 aliphatic heterocycles. The number of halogens is 2. The van der Waals surface area contributed by atoms with Crippen LogP contribution in [0.3, 0.4) is 0 Å². The van der Waals surface area contributed by atoms with Crippen molar-refractivity contribution in [3.05, 3.63) is 64.9 Å². The molecule has 0 unspecified atom stereocenters. The minimum Gasteiger partial charge on any atom is -0.367 e. The van der Waals surface area contributed by atoms with Crippen LogP contribution in [0.25, 0.3) is 0 Å². The van der Waals surface area contributed by atoms with Crippen molar-refractivity contribution in [1.82, 2.24) is 14.2 Å². The summed E-state index contributed by atoms with van der Waals surface area (Å²) in [5, 5.41) is 4.69. The van der Waals surface area contributed by atoms with Gasteiger partial charge in [-0.15, -0.1) is 9.19 Å². The van der Waals surface area contributed by atoms with E-state index in [9.17, 15) is 12.8 Å². The highest BCUT2D eigenvalue weighted by Gasteiger charge is 2.25. The van der Waals surface area contributed by atoms with E-state index in [1.165, 1.54) is 23.9 Å². The number of nitrogen functional groups attached to an aromatic ring is 1. The third-order valence-electron chi connectivity index (χ3n) is 3.21. The summed E-state index contributed by atoms with van der Waals surface area (Å²) < 4.78 is 39.4. The molecule has 0 aliphatic rings. The van der Waals surface area contributed by atoms with Crippen molar-refractivity contribution in [3.8, 4) is 0 Å². The van der Waals surface area contributed by atoms with Crippen LogP contribution in [0.4, 0.5) is 10.3 Å². The van der Waals surface area contributed by atoms with E-state index in [0.717, 1.165) is 17.7 Å². The summed E-state index contributed by atoms with van der Waals surface area (Å²) in [5.74, 6) is -0.713. The third-order valence-corrected chi connectivity index (χ3v) is 5.98. The number of benzene rings is 2. The van der Waals surface area contributed by atoms with Gasteiger partial charge in [0, 0.05) is 10.8 Å². The van der Waals surface area contributed by atoms with E-state index in [0.29, 0.717) is 14.9 Å². The molecule has 25 heavy (non-hydrogen) atoms. The van der Waals surface area contributed by atoms with Crippen LogP contribution in [0, 0.1) is 5.82 Å². The highest BCUT2D eigenvalue weighted by Crippen LogP contribution is 2.24. The molecule has 0 atom stereocenters.